The number of benzene rings is 2. The van der Waals surface area contributed by atoms with Gasteiger partial charge in [0.05, 0.1) is 25.7 Å². The summed E-state index contributed by atoms with van der Waals surface area (Å²) in [5.41, 5.74) is 0.801. The fraction of sp³-hybridized carbons (Fsp3) is 0.263. The van der Waals surface area contributed by atoms with Crippen molar-refractivity contribution in [1.29, 1.82) is 0 Å². The second-order valence-electron chi connectivity index (χ2n) is 5.77. The van der Waals surface area contributed by atoms with Gasteiger partial charge in [-0.3, -0.25) is 19.7 Å². The van der Waals surface area contributed by atoms with E-state index >= 15 is 0 Å². The summed E-state index contributed by atoms with van der Waals surface area (Å²) in [5, 5.41) is 15.9. The number of amides is 2. The zero-order valence-electron chi connectivity index (χ0n) is 15.6. The van der Waals surface area contributed by atoms with Crippen molar-refractivity contribution in [2.75, 3.05) is 27.3 Å². The summed E-state index contributed by atoms with van der Waals surface area (Å²) >= 11 is 0. The normalized spacial score (nSPS) is 10.1. The molecule has 0 aromatic heterocycles. The second-order valence-corrected chi connectivity index (χ2v) is 5.77. The van der Waals surface area contributed by atoms with Crippen LogP contribution < -0.4 is 20.1 Å². The molecule has 0 spiro atoms. The number of nitro benzene ring substituents is 1. The van der Waals surface area contributed by atoms with Gasteiger partial charge in [-0.15, -0.1) is 0 Å². The topological polar surface area (TPSA) is 120 Å². The van der Waals surface area contributed by atoms with Crippen LogP contribution in [-0.4, -0.2) is 44.0 Å². The molecule has 9 nitrogen and oxygen atoms in total. The smallest absolute Gasteiger partial charge is 0.270 e. The Morgan fingerprint density at radius 2 is 1.86 bits per heavy atom. The molecule has 0 saturated heterocycles. The maximum absolute atomic E-state index is 12.0. The van der Waals surface area contributed by atoms with Crippen LogP contribution in [0.15, 0.2) is 42.5 Å². The number of nitro groups is 1. The van der Waals surface area contributed by atoms with E-state index in [2.05, 4.69) is 10.6 Å². The van der Waals surface area contributed by atoms with Crippen LogP contribution in [0.5, 0.6) is 11.5 Å². The number of rotatable bonds is 9. The molecule has 2 rings (SSSR count). The summed E-state index contributed by atoms with van der Waals surface area (Å²) in [5.74, 6) is 0.439. The van der Waals surface area contributed by atoms with Crippen LogP contribution in [0.25, 0.3) is 0 Å². The lowest BCUT2D eigenvalue weighted by Crippen LogP contribution is -2.37. The van der Waals surface area contributed by atoms with E-state index in [-0.39, 0.29) is 23.7 Å². The van der Waals surface area contributed by atoms with Gasteiger partial charge in [0.15, 0.2) is 0 Å². The van der Waals surface area contributed by atoms with Gasteiger partial charge in [0.2, 0.25) is 5.91 Å². The number of nitrogens with zero attached hydrogens (tertiary/aromatic N) is 1. The predicted molar refractivity (Wildman–Crippen MR) is 102 cm³/mol. The number of hydrogen-bond acceptors (Lipinski definition) is 6. The van der Waals surface area contributed by atoms with Gasteiger partial charge >= 0.3 is 0 Å². The van der Waals surface area contributed by atoms with Crippen LogP contribution >= 0.6 is 0 Å². The molecule has 0 aliphatic rings. The Balaban J connectivity index is 1.82. The molecular formula is C19H21N3O6. The quantitative estimate of drug-likeness (QED) is 0.499. The molecule has 2 aromatic rings. The Hall–Kier alpha value is -3.62. The molecule has 0 unspecified atom stereocenters. The number of nitrogens with one attached hydrogen (secondary N) is 2. The molecule has 0 saturated carbocycles. The summed E-state index contributed by atoms with van der Waals surface area (Å²) < 4.78 is 10.5. The number of hydrogen-bond donors (Lipinski definition) is 2. The van der Waals surface area contributed by atoms with Crippen molar-refractivity contribution >= 4 is 17.5 Å². The maximum Gasteiger partial charge on any atom is 0.270 e. The van der Waals surface area contributed by atoms with Crippen molar-refractivity contribution in [3.8, 4) is 11.5 Å². The first-order chi connectivity index (χ1) is 13.4. The Kier molecular flexibility index (Phi) is 7.32. The fourth-order valence-corrected chi connectivity index (χ4v) is 2.50. The molecule has 2 aromatic carbocycles. The summed E-state index contributed by atoms with van der Waals surface area (Å²) in [7, 11) is 3.13. The van der Waals surface area contributed by atoms with E-state index in [4.69, 9.17) is 9.47 Å². The highest BCUT2D eigenvalue weighted by Crippen LogP contribution is 2.24. The monoisotopic (exact) mass is 387 g/mol. The van der Waals surface area contributed by atoms with Gasteiger partial charge in [-0.2, -0.15) is 0 Å². The average molecular weight is 387 g/mol. The second kappa shape index (κ2) is 9.91. The van der Waals surface area contributed by atoms with Crippen LogP contribution in [0.4, 0.5) is 5.69 Å². The summed E-state index contributed by atoms with van der Waals surface area (Å²) in [6.07, 6.45) is 0.519. The molecule has 28 heavy (non-hydrogen) atoms. The van der Waals surface area contributed by atoms with Crippen LogP contribution in [0, 0.1) is 10.1 Å². The standard InChI is InChI=1S/C19H21N3O6/c1-27-16-6-7-17(28-2)13(11-16)8-9-20-18(23)12-21-19(24)14-4-3-5-15(10-14)22(25)26/h3-7,10-11H,8-9,12H2,1-2H3,(H,20,23)(H,21,24). The van der Waals surface area contributed by atoms with Crippen molar-refractivity contribution in [1.82, 2.24) is 10.6 Å². The Labute approximate surface area is 161 Å². The van der Waals surface area contributed by atoms with Crippen molar-refractivity contribution in [2.45, 2.75) is 6.42 Å². The maximum atomic E-state index is 12.0. The molecular weight excluding hydrogens is 366 g/mol. The Morgan fingerprint density at radius 1 is 1.07 bits per heavy atom. The lowest BCUT2D eigenvalue weighted by Gasteiger charge is -2.11. The van der Waals surface area contributed by atoms with E-state index in [0.717, 1.165) is 11.6 Å². The van der Waals surface area contributed by atoms with Crippen LogP contribution in [0.3, 0.4) is 0 Å². The molecule has 2 N–H and O–H groups in total. The highest BCUT2D eigenvalue weighted by molar-refractivity contribution is 5.96. The van der Waals surface area contributed by atoms with Gasteiger partial charge in [-0.1, -0.05) is 6.07 Å². The van der Waals surface area contributed by atoms with E-state index < -0.39 is 10.8 Å². The van der Waals surface area contributed by atoms with Gasteiger partial charge in [0, 0.05) is 24.2 Å². The molecule has 0 aliphatic heterocycles. The molecule has 0 heterocycles. The van der Waals surface area contributed by atoms with Gasteiger partial charge in [0.25, 0.3) is 11.6 Å². The van der Waals surface area contributed by atoms with E-state index in [1.807, 2.05) is 6.07 Å². The molecule has 2 amide bonds. The van der Waals surface area contributed by atoms with E-state index in [0.29, 0.717) is 24.5 Å². The Morgan fingerprint density at radius 3 is 2.54 bits per heavy atom. The molecule has 0 radical (unpaired) electrons. The van der Waals surface area contributed by atoms with Crippen molar-refractivity contribution in [3.05, 3.63) is 63.7 Å². The zero-order chi connectivity index (χ0) is 20.5. The number of methoxy groups -OCH3 is 2. The first-order valence-corrected chi connectivity index (χ1v) is 8.45. The van der Waals surface area contributed by atoms with Gasteiger partial charge < -0.3 is 20.1 Å². The summed E-state index contributed by atoms with van der Waals surface area (Å²) in [6, 6.07) is 10.7. The van der Waals surface area contributed by atoms with E-state index in [1.165, 1.54) is 18.2 Å². The van der Waals surface area contributed by atoms with Crippen LogP contribution in [0.1, 0.15) is 15.9 Å². The minimum absolute atomic E-state index is 0.114. The van der Waals surface area contributed by atoms with E-state index in [1.54, 1.807) is 26.4 Å². The average Bonchev–Trinajstić information content (AvgIpc) is 2.71. The van der Waals surface area contributed by atoms with Crippen molar-refractivity contribution in [3.63, 3.8) is 0 Å². The van der Waals surface area contributed by atoms with Crippen molar-refractivity contribution < 1.29 is 24.0 Å². The van der Waals surface area contributed by atoms with Gasteiger partial charge in [-0.25, -0.2) is 0 Å². The third-order valence-electron chi connectivity index (χ3n) is 3.93. The lowest BCUT2D eigenvalue weighted by molar-refractivity contribution is -0.384. The highest BCUT2D eigenvalue weighted by Gasteiger charge is 2.12. The summed E-state index contributed by atoms with van der Waals surface area (Å²) in [6.45, 7) is 0.103. The first kappa shape index (κ1) is 20.7. The number of carbonyl (C=O) groups is 2. The van der Waals surface area contributed by atoms with Gasteiger partial charge in [0.1, 0.15) is 11.5 Å². The van der Waals surface area contributed by atoms with Crippen LogP contribution in [0.2, 0.25) is 0 Å². The number of carbonyl (C=O) groups excluding carboxylic acids is 2. The predicted octanol–water partition coefficient (Wildman–Crippen LogP) is 1.70. The van der Waals surface area contributed by atoms with Crippen LogP contribution in [-0.2, 0) is 11.2 Å². The number of ether oxygens (including phenoxy) is 2. The van der Waals surface area contributed by atoms with Gasteiger partial charge in [-0.05, 0) is 36.2 Å². The summed E-state index contributed by atoms with van der Waals surface area (Å²) in [4.78, 5) is 34.1. The fourth-order valence-electron chi connectivity index (χ4n) is 2.50. The highest BCUT2D eigenvalue weighted by atomic mass is 16.6. The minimum atomic E-state index is -0.587. The molecule has 0 fully saturated rings. The zero-order valence-corrected chi connectivity index (χ0v) is 15.6. The van der Waals surface area contributed by atoms with Crippen molar-refractivity contribution in [2.24, 2.45) is 0 Å². The molecule has 9 heteroatoms. The minimum Gasteiger partial charge on any atom is -0.497 e. The first-order valence-electron chi connectivity index (χ1n) is 8.45. The third kappa shape index (κ3) is 5.70. The molecule has 0 atom stereocenters. The SMILES string of the molecule is COc1ccc(OC)c(CCNC(=O)CNC(=O)c2cccc([N+](=O)[O-])c2)c1. The lowest BCUT2D eigenvalue weighted by atomic mass is 10.1. The largest absolute Gasteiger partial charge is 0.497 e. The molecule has 0 aliphatic carbocycles. The Bertz CT molecular complexity index is 868. The third-order valence-corrected chi connectivity index (χ3v) is 3.93. The van der Waals surface area contributed by atoms with E-state index in [9.17, 15) is 19.7 Å². The molecule has 0 bridgehead atoms. The number of non-ortho nitro benzene ring substituents is 1. The molecule has 148 valence electrons.